The van der Waals surface area contributed by atoms with Crippen molar-refractivity contribution in [1.29, 1.82) is 0 Å². The molecule has 3 amide bonds. The first-order valence-electron chi connectivity index (χ1n) is 9.72. The third kappa shape index (κ3) is 4.58. The number of fused-ring (bicyclic) bond motifs is 1. The highest BCUT2D eigenvalue weighted by Crippen LogP contribution is 2.34. The van der Waals surface area contributed by atoms with Crippen LogP contribution < -0.4 is 15.5 Å². The SMILES string of the molecule is Cc1noc2ncc(C(=O)NC(=O)Nc3ccc(F)c(C(F)(F)F)c3)c(N3CCOCC3)c12. The number of aryl methyl sites for hydroxylation is 1. The summed E-state index contributed by atoms with van der Waals surface area (Å²) in [5.74, 6) is -2.33. The van der Waals surface area contributed by atoms with Crippen molar-refractivity contribution in [2.24, 2.45) is 0 Å². The minimum Gasteiger partial charge on any atom is -0.378 e. The van der Waals surface area contributed by atoms with Crippen LogP contribution in [0.3, 0.4) is 0 Å². The number of anilines is 2. The molecule has 13 heteroatoms. The largest absolute Gasteiger partial charge is 0.419 e. The Morgan fingerprint density at radius 2 is 1.91 bits per heavy atom. The van der Waals surface area contributed by atoms with Crippen LogP contribution in [0.25, 0.3) is 11.1 Å². The number of halogens is 4. The molecule has 1 aromatic carbocycles. The molecule has 9 nitrogen and oxygen atoms in total. The smallest absolute Gasteiger partial charge is 0.378 e. The molecule has 0 aliphatic carbocycles. The molecule has 1 saturated heterocycles. The summed E-state index contributed by atoms with van der Waals surface area (Å²) in [5.41, 5.74) is -0.691. The number of carbonyl (C=O) groups is 2. The number of aromatic nitrogens is 2. The molecule has 0 saturated carbocycles. The zero-order valence-electron chi connectivity index (χ0n) is 17.1. The van der Waals surface area contributed by atoms with Crippen LogP contribution in [-0.2, 0) is 10.9 Å². The maximum atomic E-state index is 13.5. The highest BCUT2D eigenvalue weighted by molar-refractivity contribution is 6.13. The molecule has 0 unspecified atom stereocenters. The van der Waals surface area contributed by atoms with E-state index >= 15 is 0 Å². The van der Waals surface area contributed by atoms with Gasteiger partial charge in [0.1, 0.15) is 5.82 Å². The van der Waals surface area contributed by atoms with Crippen LogP contribution in [0.1, 0.15) is 21.6 Å². The van der Waals surface area contributed by atoms with Gasteiger partial charge >= 0.3 is 12.2 Å². The maximum absolute atomic E-state index is 13.5. The lowest BCUT2D eigenvalue weighted by molar-refractivity contribution is -0.139. The number of carbonyl (C=O) groups excluding carboxylic acids is 2. The number of urea groups is 1. The van der Waals surface area contributed by atoms with Gasteiger partial charge < -0.3 is 19.5 Å². The average molecular weight is 467 g/mol. The summed E-state index contributed by atoms with van der Waals surface area (Å²) in [7, 11) is 0. The fourth-order valence-corrected chi connectivity index (χ4v) is 3.47. The van der Waals surface area contributed by atoms with Gasteiger partial charge in [-0.1, -0.05) is 5.16 Å². The number of amides is 3. The number of imide groups is 1. The average Bonchev–Trinajstić information content (AvgIpc) is 3.15. The zero-order valence-corrected chi connectivity index (χ0v) is 17.1. The molecule has 174 valence electrons. The van der Waals surface area contributed by atoms with Crippen LogP contribution in [0.15, 0.2) is 28.9 Å². The fourth-order valence-electron chi connectivity index (χ4n) is 3.47. The van der Waals surface area contributed by atoms with Crippen molar-refractivity contribution in [3.63, 3.8) is 0 Å². The van der Waals surface area contributed by atoms with Crippen LogP contribution in [0.5, 0.6) is 0 Å². The van der Waals surface area contributed by atoms with E-state index in [9.17, 15) is 27.2 Å². The van der Waals surface area contributed by atoms with Gasteiger partial charge in [0.05, 0.1) is 41.1 Å². The summed E-state index contributed by atoms with van der Waals surface area (Å²) >= 11 is 0. The van der Waals surface area contributed by atoms with Gasteiger partial charge in [-0.3, -0.25) is 10.1 Å². The number of pyridine rings is 1. The van der Waals surface area contributed by atoms with Crippen LogP contribution in [-0.4, -0.2) is 48.4 Å². The van der Waals surface area contributed by atoms with Crippen LogP contribution >= 0.6 is 0 Å². The van der Waals surface area contributed by atoms with Crippen molar-refractivity contribution in [3.05, 3.63) is 47.0 Å². The number of morpholine rings is 1. The lowest BCUT2D eigenvalue weighted by atomic mass is 10.1. The van der Waals surface area contributed by atoms with Crippen molar-refractivity contribution >= 4 is 34.4 Å². The zero-order chi connectivity index (χ0) is 23.8. The summed E-state index contributed by atoms with van der Waals surface area (Å²) in [6.45, 7) is 3.44. The lowest BCUT2D eigenvalue weighted by Crippen LogP contribution is -2.39. The van der Waals surface area contributed by atoms with E-state index in [1.54, 1.807) is 6.92 Å². The molecule has 4 rings (SSSR count). The van der Waals surface area contributed by atoms with Crippen molar-refractivity contribution in [1.82, 2.24) is 15.5 Å². The van der Waals surface area contributed by atoms with Gasteiger partial charge in [-0.05, 0) is 25.1 Å². The second-order valence-electron chi connectivity index (χ2n) is 7.17. The highest BCUT2D eigenvalue weighted by atomic mass is 19.4. The van der Waals surface area contributed by atoms with E-state index in [0.717, 1.165) is 6.07 Å². The van der Waals surface area contributed by atoms with Gasteiger partial charge in [0, 0.05) is 25.0 Å². The maximum Gasteiger partial charge on any atom is 0.419 e. The second-order valence-corrected chi connectivity index (χ2v) is 7.17. The summed E-state index contributed by atoms with van der Waals surface area (Å²) in [6, 6.07) is 0.854. The molecule has 0 atom stereocenters. The molecule has 1 fully saturated rings. The Morgan fingerprint density at radius 3 is 2.61 bits per heavy atom. The number of alkyl halides is 3. The standard InChI is InChI=1S/C20H17F4N5O4/c1-10-15-16(29-4-6-32-7-5-29)12(9-25-18(15)33-28-10)17(30)27-19(31)26-11-2-3-14(21)13(8-11)20(22,23)24/h2-3,8-9H,4-7H2,1H3,(H2,26,27,30,31). The molecule has 0 bridgehead atoms. The van der Waals surface area contributed by atoms with E-state index in [4.69, 9.17) is 9.26 Å². The Labute approximate surface area is 183 Å². The molecule has 33 heavy (non-hydrogen) atoms. The summed E-state index contributed by atoms with van der Waals surface area (Å²) in [4.78, 5) is 31.2. The van der Waals surface area contributed by atoms with Crippen LogP contribution in [0.4, 0.5) is 33.7 Å². The van der Waals surface area contributed by atoms with Gasteiger partial charge in [0.2, 0.25) is 0 Å². The van der Waals surface area contributed by atoms with Crippen LogP contribution in [0, 0.1) is 12.7 Å². The molecule has 3 heterocycles. The minimum absolute atomic E-state index is 0.0425. The Morgan fingerprint density at radius 1 is 1.18 bits per heavy atom. The molecule has 0 spiro atoms. The Balaban J connectivity index is 1.59. The third-order valence-corrected chi connectivity index (χ3v) is 4.98. The topological polar surface area (TPSA) is 110 Å². The van der Waals surface area contributed by atoms with E-state index in [-0.39, 0.29) is 17.0 Å². The number of hydrogen-bond acceptors (Lipinski definition) is 7. The van der Waals surface area contributed by atoms with Crippen molar-refractivity contribution < 1.29 is 36.4 Å². The number of benzene rings is 1. The molecule has 1 aliphatic rings. The number of hydrogen-bond donors (Lipinski definition) is 2. The summed E-state index contributed by atoms with van der Waals surface area (Å²) < 4.78 is 62.7. The molecule has 2 aromatic heterocycles. The summed E-state index contributed by atoms with van der Waals surface area (Å²) in [6.07, 6.45) is -3.72. The molecular weight excluding hydrogens is 450 g/mol. The normalized spacial score (nSPS) is 14.4. The van der Waals surface area contributed by atoms with Crippen molar-refractivity contribution in [3.8, 4) is 0 Å². The highest BCUT2D eigenvalue weighted by Gasteiger charge is 2.34. The number of nitrogens with one attached hydrogen (secondary N) is 2. The molecule has 0 radical (unpaired) electrons. The van der Waals surface area contributed by atoms with Gasteiger partial charge in [-0.2, -0.15) is 13.2 Å². The quantitative estimate of drug-likeness (QED) is 0.568. The van der Waals surface area contributed by atoms with E-state index in [2.05, 4.69) is 20.8 Å². The molecular formula is C20H17F4N5O4. The molecule has 2 N–H and O–H groups in total. The Bertz CT molecular complexity index is 1220. The third-order valence-electron chi connectivity index (χ3n) is 4.98. The van der Waals surface area contributed by atoms with E-state index in [1.807, 2.05) is 4.90 Å². The Kier molecular flexibility index (Phi) is 5.89. The predicted molar refractivity (Wildman–Crippen MR) is 107 cm³/mol. The first kappa shape index (κ1) is 22.5. The van der Waals surface area contributed by atoms with Crippen molar-refractivity contribution in [2.75, 3.05) is 36.5 Å². The van der Waals surface area contributed by atoms with Gasteiger partial charge in [0.25, 0.3) is 11.6 Å². The first-order valence-corrected chi connectivity index (χ1v) is 9.72. The number of nitrogens with zero attached hydrogens (tertiary/aromatic N) is 3. The summed E-state index contributed by atoms with van der Waals surface area (Å²) in [5, 5.41) is 8.54. The monoisotopic (exact) mass is 467 g/mol. The minimum atomic E-state index is -4.95. The van der Waals surface area contributed by atoms with E-state index < -0.39 is 29.5 Å². The van der Waals surface area contributed by atoms with Gasteiger partial charge in [0.15, 0.2) is 0 Å². The predicted octanol–water partition coefficient (Wildman–Crippen LogP) is 3.49. The van der Waals surface area contributed by atoms with Crippen LogP contribution in [0.2, 0.25) is 0 Å². The molecule has 3 aromatic rings. The Hall–Kier alpha value is -3.74. The van der Waals surface area contributed by atoms with Crippen molar-refractivity contribution in [2.45, 2.75) is 13.1 Å². The number of ether oxygens (including phenoxy) is 1. The lowest BCUT2D eigenvalue weighted by Gasteiger charge is -2.30. The second kappa shape index (κ2) is 8.65. The first-order chi connectivity index (χ1) is 15.6. The van der Waals surface area contributed by atoms with Gasteiger partial charge in [-0.25, -0.2) is 14.2 Å². The van der Waals surface area contributed by atoms with E-state index in [1.165, 1.54) is 6.20 Å². The fraction of sp³-hybridized carbons (Fsp3) is 0.300. The van der Waals surface area contributed by atoms with Gasteiger partial charge in [-0.15, -0.1) is 0 Å². The van der Waals surface area contributed by atoms with E-state index in [0.29, 0.717) is 55.2 Å². The molecule has 1 aliphatic heterocycles. The number of rotatable bonds is 3.